The molecule has 1 aliphatic carbocycles. The van der Waals surface area contributed by atoms with Gasteiger partial charge in [-0.25, -0.2) is 13.3 Å². The van der Waals surface area contributed by atoms with Gasteiger partial charge in [-0.15, -0.1) is 0 Å². The second-order valence-electron chi connectivity index (χ2n) is 10.1. The summed E-state index contributed by atoms with van der Waals surface area (Å²) in [5.41, 5.74) is 5.55. The van der Waals surface area contributed by atoms with Crippen LogP contribution in [0.5, 0.6) is 0 Å². The largest absolute Gasteiger partial charge is 0.369 e. The standard InChI is InChI=1S/C27H32F2N6O/c1-2-31-9-11-32(12-10-31)22-5-3-20(4-6-22)21-17-25-24(7-8-30-35(25)19-21)33-13-15-34(16-14-33)26(36)23-18-27(23,28)29/h3-8,17,19,23H,2,9-16,18H2,1H3. The number of carbonyl (C=O) groups is 1. The second kappa shape index (κ2) is 9.03. The van der Waals surface area contributed by atoms with Gasteiger partial charge in [0.25, 0.3) is 5.92 Å². The number of likely N-dealkylation sites (N-methyl/N-ethyl adjacent to an activating group) is 1. The average molecular weight is 495 g/mol. The first-order valence-electron chi connectivity index (χ1n) is 12.9. The molecule has 0 bridgehead atoms. The van der Waals surface area contributed by atoms with Gasteiger partial charge in [-0.3, -0.25) is 4.79 Å². The molecule has 36 heavy (non-hydrogen) atoms. The maximum absolute atomic E-state index is 13.3. The fourth-order valence-electron chi connectivity index (χ4n) is 5.48. The van der Waals surface area contributed by atoms with E-state index in [-0.39, 0.29) is 6.42 Å². The van der Waals surface area contributed by atoms with Crippen LogP contribution < -0.4 is 9.80 Å². The molecule has 1 saturated carbocycles. The van der Waals surface area contributed by atoms with E-state index < -0.39 is 17.7 Å². The molecular weight excluding hydrogens is 462 g/mol. The Morgan fingerprint density at radius 1 is 0.944 bits per heavy atom. The predicted molar refractivity (Wildman–Crippen MR) is 137 cm³/mol. The Labute approximate surface area is 209 Å². The lowest BCUT2D eigenvalue weighted by Gasteiger charge is -2.36. The van der Waals surface area contributed by atoms with Crippen LogP contribution in [0.3, 0.4) is 0 Å². The van der Waals surface area contributed by atoms with E-state index in [2.05, 4.69) is 57.1 Å². The van der Waals surface area contributed by atoms with Crippen LogP contribution >= 0.6 is 0 Å². The van der Waals surface area contributed by atoms with Crippen molar-refractivity contribution in [3.63, 3.8) is 0 Å². The van der Waals surface area contributed by atoms with Crippen molar-refractivity contribution in [1.29, 1.82) is 0 Å². The number of hydrogen-bond donors (Lipinski definition) is 0. The van der Waals surface area contributed by atoms with Crippen molar-refractivity contribution in [2.75, 3.05) is 68.7 Å². The van der Waals surface area contributed by atoms with Crippen molar-refractivity contribution >= 4 is 22.8 Å². The third-order valence-corrected chi connectivity index (χ3v) is 7.93. The zero-order chi connectivity index (χ0) is 24.9. The fourth-order valence-corrected chi connectivity index (χ4v) is 5.48. The van der Waals surface area contributed by atoms with Gasteiger partial charge in [0.15, 0.2) is 0 Å². The monoisotopic (exact) mass is 494 g/mol. The lowest BCUT2D eigenvalue weighted by atomic mass is 10.1. The molecule has 1 amide bonds. The molecule has 7 nitrogen and oxygen atoms in total. The highest BCUT2D eigenvalue weighted by molar-refractivity contribution is 5.84. The highest BCUT2D eigenvalue weighted by Gasteiger charge is 2.62. The Hall–Kier alpha value is -3.20. The molecule has 2 saturated heterocycles. The Bertz CT molecular complexity index is 1240. The van der Waals surface area contributed by atoms with E-state index in [4.69, 9.17) is 0 Å². The summed E-state index contributed by atoms with van der Waals surface area (Å²) < 4.78 is 28.6. The minimum absolute atomic E-state index is 0.305. The summed E-state index contributed by atoms with van der Waals surface area (Å²) in [6.45, 7) is 9.79. The van der Waals surface area contributed by atoms with Crippen LogP contribution in [0.1, 0.15) is 13.3 Å². The molecule has 0 radical (unpaired) electrons. The third kappa shape index (κ3) is 4.30. The zero-order valence-corrected chi connectivity index (χ0v) is 20.6. The molecule has 1 atom stereocenters. The van der Waals surface area contributed by atoms with Crippen molar-refractivity contribution in [2.45, 2.75) is 19.3 Å². The Kier molecular flexibility index (Phi) is 5.82. The number of nitrogens with zero attached hydrogens (tertiary/aromatic N) is 6. The Balaban J connectivity index is 1.15. The number of piperazine rings is 2. The molecular formula is C27H32F2N6O. The molecule has 2 aliphatic heterocycles. The summed E-state index contributed by atoms with van der Waals surface area (Å²) in [6, 6.07) is 12.9. The van der Waals surface area contributed by atoms with Crippen LogP contribution in [0.4, 0.5) is 20.2 Å². The first-order valence-corrected chi connectivity index (χ1v) is 12.9. The third-order valence-electron chi connectivity index (χ3n) is 7.93. The number of anilines is 2. The van der Waals surface area contributed by atoms with Crippen LogP contribution in [-0.4, -0.2) is 90.1 Å². The number of aromatic nitrogens is 2. The van der Waals surface area contributed by atoms with Crippen molar-refractivity contribution in [3.05, 3.63) is 48.8 Å². The number of amides is 1. The van der Waals surface area contributed by atoms with Crippen LogP contribution in [-0.2, 0) is 4.79 Å². The Morgan fingerprint density at radius 2 is 1.61 bits per heavy atom. The quantitative estimate of drug-likeness (QED) is 0.544. The average Bonchev–Trinajstić information content (AvgIpc) is 3.34. The van der Waals surface area contributed by atoms with Crippen molar-refractivity contribution in [2.24, 2.45) is 5.92 Å². The number of halogens is 2. The highest BCUT2D eigenvalue weighted by Crippen LogP contribution is 2.49. The molecule has 3 aliphatic rings. The SMILES string of the molecule is CCN1CCN(c2ccc(-c3cc4c(N5CCN(C(=O)C6CC6(F)F)CC5)ccnn4c3)cc2)CC1. The van der Waals surface area contributed by atoms with Crippen molar-refractivity contribution in [3.8, 4) is 11.1 Å². The highest BCUT2D eigenvalue weighted by atomic mass is 19.3. The normalized spacial score (nSPS) is 22.3. The zero-order valence-electron chi connectivity index (χ0n) is 20.6. The topological polar surface area (TPSA) is 47.3 Å². The molecule has 190 valence electrons. The van der Waals surface area contributed by atoms with Gasteiger partial charge in [0.1, 0.15) is 5.92 Å². The van der Waals surface area contributed by atoms with Gasteiger partial charge < -0.3 is 19.6 Å². The first kappa shape index (κ1) is 23.2. The van der Waals surface area contributed by atoms with Crippen LogP contribution in [0.2, 0.25) is 0 Å². The second-order valence-corrected chi connectivity index (χ2v) is 10.1. The van der Waals surface area contributed by atoms with Gasteiger partial charge in [-0.05, 0) is 36.4 Å². The van der Waals surface area contributed by atoms with Gasteiger partial charge in [0.05, 0.1) is 11.2 Å². The summed E-state index contributed by atoms with van der Waals surface area (Å²) in [4.78, 5) is 21.1. The predicted octanol–water partition coefficient (Wildman–Crippen LogP) is 3.45. The molecule has 3 aromatic rings. The first-order chi connectivity index (χ1) is 17.4. The van der Waals surface area contributed by atoms with Gasteiger partial charge >= 0.3 is 0 Å². The van der Waals surface area contributed by atoms with Crippen LogP contribution in [0.25, 0.3) is 16.6 Å². The van der Waals surface area contributed by atoms with E-state index in [1.165, 1.54) is 5.69 Å². The Morgan fingerprint density at radius 3 is 2.25 bits per heavy atom. The molecule has 4 heterocycles. The minimum Gasteiger partial charge on any atom is -0.369 e. The lowest BCUT2D eigenvalue weighted by molar-refractivity contribution is -0.135. The van der Waals surface area contributed by atoms with Crippen LogP contribution in [0.15, 0.2) is 48.8 Å². The number of alkyl halides is 2. The summed E-state index contributed by atoms with van der Waals surface area (Å²) in [5, 5.41) is 4.51. The molecule has 0 N–H and O–H groups in total. The van der Waals surface area contributed by atoms with E-state index >= 15 is 0 Å². The molecule has 2 aromatic heterocycles. The minimum atomic E-state index is -2.81. The summed E-state index contributed by atoms with van der Waals surface area (Å²) >= 11 is 0. The molecule has 6 rings (SSSR count). The maximum atomic E-state index is 13.3. The van der Waals surface area contributed by atoms with Gasteiger partial charge in [0.2, 0.25) is 5.91 Å². The van der Waals surface area contributed by atoms with E-state index in [0.29, 0.717) is 26.2 Å². The fraction of sp³-hybridized carbons (Fsp3) is 0.481. The smallest absolute Gasteiger partial charge is 0.260 e. The van der Waals surface area contributed by atoms with E-state index in [9.17, 15) is 13.6 Å². The number of hydrogen-bond acceptors (Lipinski definition) is 5. The number of fused-ring (bicyclic) bond motifs is 1. The summed E-state index contributed by atoms with van der Waals surface area (Å²) in [6.07, 6.45) is 3.52. The molecule has 1 aromatic carbocycles. The summed E-state index contributed by atoms with van der Waals surface area (Å²) in [5.74, 6) is -4.33. The van der Waals surface area contributed by atoms with Crippen molar-refractivity contribution in [1.82, 2.24) is 19.4 Å². The molecule has 1 unspecified atom stereocenters. The van der Waals surface area contributed by atoms with E-state index in [1.54, 1.807) is 11.1 Å². The van der Waals surface area contributed by atoms with E-state index in [1.807, 2.05) is 16.8 Å². The van der Waals surface area contributed by atoms with Gasteiger partial charge in [-0.1, -0.05) is 19.1 Å². The summed E-state index contributed by atoms with van der Waals surface area (Å²) in [7, 11) is 0. The molecule has 3 fully saturated rings. The van der Waals surface area contributed by atoms with Gasteiger partial charge in [-0.2, -0.15) is 5.10 Å². The lowest BCUT2D eigenvalue weighted by Crippen LogP contribution is -2.49. The number of benzene rings is 1. The molecule has 0 spiro atoms. The number of carbonyl (C=O) groups excluding carboxylic acids is 1. The number of rotatable bonds is 5. The maximum Gasteiger partial charge on any atom is 0.260 e. The molecule has 9 heteroatoms. The van der Waals surface area contributed by atoms with Gasteiger partial charge in [0, 0.05) is 82.4 Å². The van der Waals surface area contributed by atoms with Crippen LogP contribution in [0, 0.1) is 5.92 Å². The van der Waals surface area contributed by atoms with Crippen molar-refractivity contribution < 1.29 is 13.6 Å². The van der Waals surface area contributed by atoms with E-state index in [0.717, 1.165) is 55.1 Å².